The van der Waals surface area contributed by atoms with Crippen LogP contribution in [-0.2, 0) is 14.2 Å². The maximum Gasteiger partial charge on any atom is 0.270 e. The highest BCUT2D eigenvalue weighted by Gasteiger charge is 2.40. The van der Waals surface area contributed by atoms with Crippen LogP contribution in [0.1, 0.15) is 29.0 Å². The van der Waals surface area contributed by atoms with Crippen molar-refractivity contribution in [3.05, 3.63) is 17.5 Å². The summed E-state index contributed by atoms with van der Waals surface area (Å²) in [6, 6.07) is 1.74. The number of anilines is 1. The van der Waals surface area contributed by atoms with Crippen molar-refractivity contribution >= 4 is 11.9 Å². The van der Waals surface area contributed by atoms with E-state index >= 15 is 0 Å². The van der Waals surface area contributed by atoms with Gasteiger partial charge < -0.3 is 24.4 Å². The molecular weight excluding hydrogens is 362 g/mol. The fraction of sp³-hybridized carbons (Fsp3) is 0.737. The van der Waals surface area contributed by atoms with Gasteiger partial charge in [-0.1, -0.05) is 0 Å². The van der Waals surface area contributed by atoms with Crippen LogP contribution in [0.25, 0.3) is 0 Å². The van der Waals surface area contributed by atoms with Gasteiger partial charge in [-0.25, -0.2) is 9.97 Å². The number of carbonyl (C=O) groups is 1. The highest BCUT2D eigenvalue weighted by atomic mass is 16.7. The van der Waals surface area contributed by atoms with Crippen LogP contribution in [0.5, 0.6) is 0 Å². The van der Waals surface area contributed by atoms with E-state index in [1.165, 1.54) is 0 Å². The van der Waals surface area contributed by atoms with Crippen molar-refractivity contribution in [2.45, 2.75) is 25.6 Å². The largest absolute Gasteiger partial charge is 0.379 e. The predicted molar refractivity (Wildman–Crippen MR) is 102 cm³/mol. The van der Waals surface area contributed by atoms with Gasteiger partial charge in [-0.15, -0.1) is 0 Å². The molecule has 1 aromatic rings. The number of hydrogen-bond acceptors (Lipinski definition) is 8. The number of morpholine rings is 1. The molecular formula is C19H29N5O4. The second kappa shape index (κ2) is 8.69. The van der Waals surface area contributed by atoms with E-state index in [-0.39, 0.29) is 5.91 Å². The molecule has 154 valence electrons. The summed E-state index contributed by atoms with van der Waals surface area (Å²) in [4.78, 5) is 26.0. The lowest BCUT2D eigenvalue weighted by molar-refractivity contribution is -0.169. The minimum Gasteiger partial charge on any atom is -0.379 e. The highest BCUT2D eigenvalue weighted by molar-refractivity contribution is 5.92. The minimum absolute atomic E-state index is 0.157. The first kappa shape index (κ1) is 19.5. The third-order valence-electron chi connectivity index (χ3n) is 5.51. The molecule has 4 heterocycles. The van der Waals surface area contributed by atoms with Crippen LogP contribution in [0, 0.1) is 6.92 Å². The van der Waals surface area contributed by atoms with Crippen molar-refractivity contribution < 1.29 is 19.0 Å². The van der Waals surface area contributed by atoms with Crippen molar-refractivity contribution in [2.75, 3.05) is 70.6 Å². The van der Waals surface area contributed by atoms with E-state index in [9.17, 15) is 4.79 Å². The molecule has 28 heavy (non-hydrogen) atoms. The molecule has 0 aromatic carbocycles. The molecule has 0 unspecified atom stereocenters. The number of carbonyl (C=O) groups excluding carboxylic acids is 1. The van der Waals surface area contributed by atoms with Crippen molar-refractivity contribution in [1.29, 1.82) is 0 Å². The summed E-state index contributed by atoms with van der Waals surface area (Å²) >= 11 is 0. The lowest BCUT2D eigenvalue weighted by Crippen LogP contribution is -2.46. The molecule has 3 aliphatic heterocycles. The number of ether oxygens (including phenoxy) is 3. The predicted octanol–water partition coefficient (Wildman–Crippen LogP) is 0.190. The Morgan fingerprint density at radius 2 is 1.82 bits per heavy atom. The zero-order valence-electron chi connectivity index (χ0n) is 16.5. The number of hydrogen-bond donors (Lipinski definition) is 1. The van der Waals surface area contributed by atoms with Crippen LogP contribution >= 0.6 is 0 Å². The van der Waals surface area contributed by atoms with Crippen LogP contribution in [-0.4, -0.2) is 92.3 Å². The third-order valence-corrected chi connectivity index (χ3v) is 5.51. The van der Waals surface area contributed by atoms with Gasteiger partial charge in [-0.3, -0.25) is 9.69 Å². The highest BCUT2D eigenvalue weighted by Crippen LogP contribution is 2.32. The molecule has 1 N–H and O–H groups in total. The maximum atomic E-state index is 12.6. The molecule has 0 atom stereocenters. The van der Waals surface area contributed by atoms with Crippen LogP contribution in [0.15, 0.2) is 6.07 Å². The first-order valence-electron chi connectivity index (χ1n) is 10.1. The second-order valence-electron chi connectivity index (χ2n) is 7.50. The molecule has 1 aromatic heterocycles. The minimum atomic E-state index is -0.431. The second-order valence-corrected chi connectivity index (χ2v) is 7.50. The lowest BCUT2D eigenvalue weighted by atomic mass is 10.0. The fourth-order valence-corrected chi connectivity index (χ4v) is 3.89. The smallest absolute Gasteiger partial charge is 0.270 e. The monoisotopic (exact) mass is 391 g/mol. The molecule has 3 fully saturated rings. The SMILES string of the molecule is Cc1cc(C(=O)NCCN2CCOCC2)nc(N2CCC3(CC2)OCCO3)n1. The number of piperidine rings is 1. The molecule has 3 aliphatic rings. The van der Waals surface area contributed by atoms with Crippen molar-refractivity contribution in [3.63, 3.8) is 0 Å². The van der Waals surface area contributed by atoms with Crippen LogP contribution in [0.4, 0.5) is 5.95 Å². The summed E-state index contributed by atoms with van der Waals surface area (Å²) in [6.07, 6.45) is 1.57. The Labute approximate surface area is 165 Å². The average Bonchev–Trinajstić information content (AvgIpc) is 3.17. The summed E-state index contributed by atoms with van der Waals surface area (Å²) in [6.45, 7) is 9.48. The molecule has 0 radical (unpaired) electrons. The summed E-state index contributed by atoms with van der Waals surface area (Å²) < 4.78 is 16.9. The molecule has 1 spiro atoms. The molecule has 9 heteroatoms. The fourth-order valence-electron chi connectivity index (χ4n) is 3.89. The van der Waals surface area contributed by atoms with Gasteiger partial charge in [-0.05, 0) is 13.0 Å². The number of amides is 1. The third kappa shape index (κ3) is 4.60. The summed E-state index contributed by atoms with van der Waals surface area (Å²) in [7, 11) is 0. The van der Waals surface area contributed by atoms with Gasteiger partial charge in [-0.2, -0.15) is 0 Å². The quantitative estimate of drug-likeness (QED) is 0.761. The van der Waals surface area contributed by atoms with E-state index in [1.807, 2.05) is 6.92 Å². The maximum absolute atomic E-state index is 12.6. The number of nitrogens with one attached hydrogen (secondary N) is 1. The number of nitrogens with zero attached hydrogens (tertiary/aromatic N) is 4. The number of aryl methyl sites for hydroxylation is 1. The molecule has 0 saturated carbocycles. The Morgan fingerprint density at radius 1 is 1.11 bits per heavy atom. The van der Waals surface area contributed by atoms with Crippen molar-refractivity contribution in [2.24, 2.45) is 0 Å². The Kier molecular flexibility index (Phi) is 6.05. The Morgan fingerprint density at radius 3 is 2.54 bits per heavy atom. The van der Waals surface area contributed by atoms with Gasteiger partial charge in [0.1, 0.15) is 5.69 Å². The van der Waals surface area contributed by atoms with E-state index in [1.54, 1.807) is 6.07 Å². The topological polar surface area (TPSA) is 89.1 Å². The van der Waals surface area contributed by atoms with Crippen LogP contribution in [0.3, 0.4) is 0 Å². The van der Waals surface area contributed by atoms with Gasteiger partial charge in [0.25, 0.3) is 5.91 Å². The average molecular weight is 391 g/mol. The number of rotatable bonds is 5. The van der Waals surface area contributed by atoms with Crippen molar-refractivity contribution in [3.8, 4) is 0 Å². The Hall–Kier alpha value is -1.81. The Bertz CT molecular complexity index is 679. The van der Waals surface area contributed by atoms with Gasteiger partial charge in [0.15, 0.2) is 5.79 Å². The first-order valence-corrected chi connectivity index (χ1v) is 10.1. The molecule has 3 saturated heterocycles. The van der Waals surface area contributed by atoms with E-state index in [0.29, 0.717) is 31.4 Å². The van der Waals surface area contributed by atoms with Gasteiger partial charge in [0.05, 0.1) is 26.4 Å². The van der Waals surface area contributed by atoms with E-state index in [0.717, 1.165) is 64.5 Å². The van der Waals surface area contributed by atoms with Gasteiger partial charge in [0.2, 0.25) is 5.95 Å². The van der Waals surface area contributed by atoms with E-state index in [4.69, 9.17) is 14.2 Å². The normalized spacial score (nSPS) is 22.5. The summed E-state index contributed by atoms with van der Waals surface area (Å²) in [5.41, 5.74) is 1.20. The van der Waals surface area contributed by atoms with Gasteiger partial charge >= 0.3 is 0 Å². The van der Waals surface area contributed by atoms with Crippen LogP contribution < -0.4 is 10.2 Å². The van der Waals surface area contributed by atoms with E-state index < -0.39 is 5.79 Å². The molecule has 4 rings (SSSR count). The molecule has 0 bridgehead atoms. The molecule has 9 nitrogen and oxygen atoms in total. The lowest BCUT2D eigenvalue weighted by Gasteiger charge is -2.37. The van der Waals surface area contributed by atoms with Gasteiger partial charge in [0, 0.05) is 57.8 Å². The first-order chi connectivity index (χ1) is 13.6. The summed E-state index contributed by atoms with van der Waals surface area (Å²) in [5, 5.41) is 2.97. The summed E-state index contributed by atoms with van der Waals surface area (Å²) in [5.74, 6) is 0.0159. The zero-order chi connectivity index (χ0) is 19.4. The standard InChI is InChI=1S/C19H29N5O4/c1-15-14-16(17(25)20-4-7-23-8-10-26-11-9-23)22-18(21-15)24-5-2-19(3-6-24)27-12-13-28-19/h14H,2-13H2,1H3,(H,20,25). The molecule has 0 aliphatic carbocycles. The Balaban J connectivity index is 1.33. The van der Waals surface area contributed by atoms with Crippen molar-refractivity contribution in [1.82, 2.24) is 20.2 Å². The van der Waals surface area contributed by atoms with E-state index in [2.05, 4.69) is 25.1 Å². The molecule has 1 amide bonds. The zero-order valence-corrected chi connectivity index (χ0v) is 16.5. The number of aromatic nitrogens is 2. The van der Waals surface area contributed by atoms with Crippen LogP contribution in [0.2, 0.25) is 0 Å².